The first-order valence-electron chi connectivity index (χ1n) is 7.63. The van der Waals surface area contributed by atoms with Crippen molar-refractivity contribution in [3.63, 3.8) is 0 Å². The number of aryl methyl sites for hydroxylation is 1. The lowest BCUT2D eigenvalue weighted by molar-refractivity contribution is -0.121. The first kappa shape index (κ1) is 20.8. The van der Waals surface area contributed by atoms with Crippen LogP contribution in [0, 0.1) is 11.7 Å². The Bertz CT molecular complexity index is 796. The second-order valence-corrected chi connectivity index (χ2v) is 7.25. The maximum atomic E-state index is 13.2. The summed E-state index contributed by atoms with van der Waals surface area (Å²) in [5.74, 6) is -0.610. The summed E-state index contributed by atoms with van der Waals surface area (Å²) in [5.41, 5.74) is 8.24. The molecule has 5 nitrogen and oxygen atoms in total. The molecule has 2 rings (SSSR count). The van der Waals surface area contributed by atoms with Crippen LogP contribution >= 0.6 is 0 Å². The fourth-order valence-electron chi connectivity index (χ4n) is 2.06. The minimum Gasteiger partial charge on any atom is -0.369 e. The molecule has 0 saturated heterocycles. The van der Waals surface area contributed by atoms with Gasteiger partial charge in [0.15, 0.2) is 0 Å². The molecule has 0 aromatic heterocycles. The van der Waals surface area contributed by atoms with Crippen molar-refractivity contribution in [2.75, 3.05) is 6.26 Å². The Morgan fingerprint density at radius 1 is 1.16 bits per heavy atom. The van der Waals surface area contributed by atoms with Gasteiger partial charge in [0.2, 0.25) is 5.91 Å². The predicted molar refractivity (Wildman–Crippen MR) is 96.0 cm³/mol. The van der Waals surface area contributed by atoms with Gasteiger partial charge in [0, 0.05) is 5.92 Å². The highest BCUT2D eigenvalue weighted by molar-refractivity contribution is 7.85. The SMILES string of the molecule is CS(=O)(=O)O.C[C@H](CCc1ccc(-c2cccc(F)c2)cc1)C(N)=O. The van der Waals surface area contributed by atoms with Gasteiger partial charge in [-0.25, -0.2) is 4.39 Å². The first-order valence-corrected chi connectivity index (χ1v) is 9.47. The summed E-state index contributed by atoms with van der Waals surface area (Å²) in [7, 11) is -3.67. The van der Waals surface area contributed by atoms with Crippen molar-refractivity contribution in [3.8, 4) is 11.1 Å². The summed E-state index contributed by atoms with van der Waals surface area (Å²) in [5, 5.41) is 0. The molecule has 0 fully saturated rings. The van der Waals surface area contributed by atoms with E-state index >= 15 is 0 Å². The number of halogens is 1. The molecule has 25 heavy (non-hydrogen) atoms. The lowest BCUT2D eigenvalue weighted by Gasteiger charge is -2.08. The van der Waals surface area contributed by atoms with E-state index in [-0.39, 0.29) is 17.6 Å². The Kier molecular flexibility index (Phi) is 7.73. The minimum atomic E-state index is -3.67. The summed E-state index contributed by atoms with van der Waals surface area (Å²) < 4.78 is 39.0. The summed E-state index contributed by atoms with van der Waals surface area (Å²) >= 11 is 0. The van der Waals surface area contributed by atoms with Gasteiger partial charge in [-0.2, -0.15) is 8.42 Å². The number of nitrogens with two attached hydrogens (primary N) is 1. The molecule has 0 saturated carbocycles. The third-order valence-corrected chi connectivity index (χ3v) is 3.46. The van der Waals surface area contributed by atoms with Crippen LogP contribution < -0.4 is 5.73 Å². The third kappa shape index (κ3) is 8.97. The van der Waals surface area contributed by atoms with Gasteiger partial charge in [0.1, 0.15) is 5.82 Å². The molecule has 2 aromatic rings. The van der Waals surface area contributed by atoms with Gasteiger partial charge in [0.25, 0.3) is 10.1 Å². The van der Waals surface area contributed by atoms with Crippen molar-refractivity contribution in [1.82, 2.24) is 0 Å². The van der Waals surface area contributed by atoms with Crippen molar-refractivity contribution in [1.29, 1.82) is 0 Å². The van der Waals surface area contributed by atoms with Gasteiger partial charge in [-0.3, -0.25) is 9.35 Å². The maximum Gasteiger partial charge on any atom is 0.261 e. The predicted octanol–water partition coefficient (Wildman–Crippen LogP) is 3.05. The number of hydrogen-bond acceptors (Lipinski definition) is 3. The van der Waals surface area contributed by atoms with Crippen LogP contribution in [-0.2, 0) is 21.3 Å². The molecule has 7 heteroatoms. The standard InChI is InChI=1S/C17H18FNO.CH4O3S/c1-12(17(19)20)5-6-13-7-9-14(10-8-13)15-3-2-4-16(18)11-15;1-5(2,3)4/h2-4,7-12H,5-6H2,1H3,(H2,19,20);1H3,(H,2,3,4)/t12-;/m1./s1. The van der Waals surface area contributed by atoms with Gasteiger partial charge in [-0.05, 0) is 41.7 Å². The van der Waals surface area contributed by atoms with Crippen molar-refractivity contribution >= 4 is 16.0 Å². The number of carbonyl (C=O) groups is 1. The summed E-state index contributed by atoms with van der Waals surface area (Å²) in [6.45, 7) is 1.84. The third-order valence-electron chi connectivity index (χ3n) is 3.46. The van der Waals surface area contributed by atoms with E-state index in [4.69, 9.17) is 10.3 Å². The van der Waals surface area contributed by atoms with Gasteiger partial charge in [-0.15, -0.1) is 0 Å². The molecule has 136 valence electrons. The van der Waals surface area contributed by atoms with Crippen molar-refractivity contribution in [2.24, 2.45) is 11.7 Å². The largest absolute Gasteiger partial charge is 0.369 e. The summed E-state index contributed by atoms with van der Waals surface area (Å²) in [6, 6.07) is 14.5. The molecule has 0 aliphatic rings. The summed E-state index contributed by atoms with van der Waals surface area (Å²) in [4.78, 5) is 11.0. The second-order valence-electron chi connectivity index (χ2n) is 5.78. The number of primary amides is 1. The van der Waals surface area contributed by atoms with Gasteiger partial charge >= 0.3 is 0 Å². The molecular formula is C18H22FNO4S. The molecule has 0 unspecified atom stereocenters. The molecule has 0 bridgehead atoms. The number of carbonyl (C=O) groups excluding carboxylic acids is 1. The highest BCUT2D eigenvalue weighted by Crippen LogP contribution is 2.21. The average molecular weight is 367 g/mol. The van der Waals surface area contributed by atoms with Crippen LogP contribution in [0.15, 0.2) is 48.5 Å². The van der Waals surface area contributed by atoms with Crippen LogP contribution in [0.4, 0.5) is 4.39 Å². The zero-order chi connectivity index (χ0) is 19.0. The van der Waals surface area contributed by atoms with Crippen LogP contribution in [0.25, 0.3) is 11.1 Å². The number of benzene rings is 2. The molecule has 3 N–H and O–H groups in total. The lowest BCUT2D eigenvalue weighted by atomic mass is 9.98. The second kappa shape index (κ2) is 9.29. The van der Waals surface area contributed by atoms with E-state index in [2.05, 4.69) is 0 Å². The zero-order valence-electron chi connectivity index (χ0n) is 14.1. The van der Waals surface area contributed by atoms with E-state index in [0.29, 0.717) is 6.26 Å². The van der Waals surface area contributed by atoms with E-state index in [1.165, 1.54) is 12.1 Å². The maximum absolute atomic E-state index is 13.2. The Morgan fingerprint density at radius 3 is 2.20 bits per heavy atom. The molecule has 0 radical (unpaired) electrons. The van der Waals surface area contributed by atoms with E-state index in [1.54, 1.807) is 6.07 Å². The fraction of sp³-hybridized carbons (Fsp3) is 0.278. The lowest BCUT2D eigenvalue weighted by Crippen LogP contribution is -2.20. The quantitative estimate of drug-likeness (QED) is 0.794. The van der Waals surface area contributed by atoms with Crippen LogP contribution in [0.2, 0.25) is 0 Å². The Morgan fingerprint density at radius 2 is 1.72 bits per heavy atom. The molecule has 0 aliphatic carbocycles. The van der Waals surface area contributed by atoms with E-state index in [0.717, 1.165) is 29.5 Å². The molecular weight excluding hydrogens is 345 g/mol. The van der Waals surface area contributed by atoms with Crippen LogP contribution in [0.3, 0.4) is 0 Å². The summed E-state index contributed by atoms with van der Waals surface area (Å²) in [6.07, 6.45) is 2.27. The highest BCUT2D eigenvalue weighted by atomic mass is 32.2. The van der Waals surface area contributed by atoms with Gasteiger partial charge < -0.3 is 5.73 Å². The van der Waals surface area contributed by atoms with Crippen molar-refractivity contribution in [3.05, 3.63) is 59.9 Å². The molecule has 0 aliphatic heterocycles. The van der Waals surface area contributed by atoms with E-state index < -0.39 is 10.1 Å². The molecule has 2 aromatic carbocycles. The van der Waals surface area contributed by atoms with E-state index in [1.807, 2.05) is 37.3 Å². The first-order chi connectivity index (χ1) is 11.6. The topological polar surface area (TPSA) is 97.5 Å². The Hall–Kier alpha value is -2.25. The minimum absolute atomic E-state index is 0.113. The monoisotopic (exact) mass is 367 g/mol. The van der Waals surface area contributed by atoms with E-state index in [9.17, 15) is 17.6 Å². The number of amides is 1. The number of rotatable bonds is 5. The fourth-order valence-corrected chi connectivity index (χ4v) is 2.06. The van der Waals surface area contributed by atoms with Gasteiger partial charge in [0.05, 0.1) is 6.26 Å². The molecule has 1 amide bonds. The van der Waals surface area contributed by atoms with Gasteiger partial charge in [-0.1, -0.05) is 43.3 Å². The smallest absolute Gasteiger partial charge is 0.261 e. The van der Waals surface area contributed by atoms with Crippen molar-refractivity contribution in [2.45, 2.75) is 19.8 Å². The normalized spacial score (nSPS) is 12.0. The Balaban J connectivity index is 0.000000550. The van der Waals surface area contributed by atoms with Crippen LogP contribution in [-0.4, -0.2) is 25.1 Å². The molecule has 0 spiro atoms. The average Bonchev–Trinajstić information content (AvgIpc) is 2.51. The zero-order valence-corrected chi connectivity index (χ0v) is 15.0. The number of hydrogen-bond donors (Lipinski definition) is 2. The van der Waals surface area contributed by atoms with Crippen LogP contribution in [0.5, 0.6) is 0 Å². The van der Waals surface area contributed by atoms with Crippen LogP contribution in [0.1, 0.15) is 18.9 Å². The molecule has 1 atom stereocenters. The molecule has 0 heterocycles. The highest BCUT2D eigenvalue weighted by Gasteiger charge is 2.08. The Labute approximate surface area is 147 Å². The van der Waals surface area contributed by atoms with Crippen molar-refractivity contribution < 1.29 is 22.2 Å².